The molecule has 1 heterocycles. The van der Waals surface area contributed by atoms with Crippen LogP contribution < -0.4 is 25.1 Å². The van der Waals surface area contributed by atoms with Gasteiger partial charge in [-0.3, -0.25) is 14.2 Å². The first kappa shape index (κ1) is 21.9. The highest BCUT2D eigenvalue weighted by molar-refractivity contribution is 5.92. The number of carbonyl (C=O) groups excluding carboxylic acids is 1. The van der Waals surface area contributed by atoms with Crippen LogP contribution in [0, 0.1) is 6.92 Å². The summed E-state index contributed by atoms with van der Waals surface area (Å²) in [6.45, 7) is 1.60. The Kier molecular flexibility index (Phi) is 6.26. The Morgan fingerprint density at radius 1 is 0.939 bits per heavy atom. The van der Waals surface area contributed by atoms with Crippen LogP contribution in [0.15, 0.2) is 71.5 Å². The number of methoxy groups -OCH3 is 2. The molecule has 4 rings (SSSR count). The van der Waals surface area contributed by atoms with Crippen molar-refractivity contribution in [1.82, 2.24) is 9.55 Å². The van der Waals surface area contributed by atoms with Gasteiger partial charge in [-0.2, -0.15) is 0 Å². The lowest BCUT2D eigenvalue weighted by atomic mass is 10.2. The van der Waals surface area contributed by atoms with E-state index in [2.05, 4.69) is 10.3 Å². The largest absolute Gasteiger partial charge is 0.496 e. The molecule has 0 aliphatic heterocycles. The van der Waals surface area contributed by atoms with Gasteiger partial charge in [0.25, 0.3) is 11.5 Å². The zero-order valence-corrected chi connectivity index (χ0v) is 18.5. The molecule has 8 heteroatoms. The lowest BCUT2D eigenvalue weighted by Crippen LogP contribution is -2.22. The summed E-state index contributed by atoms with van der Waals surface area (Å²) < 4.78 is 17.5. The Hall–Kier alpha value is -4.33. The first-order valence-corrected chi connectivity index (χ1v) is 10.2. The Morgan fingerprint density at radius 3 is 2.24 bits per heavy atom. The fourth-order valence-electron chi connectivity index (χ4n) is 3.45. The van der Waals surface area contributed by atoms with E-state index < -0.39 is 0 Å². The predicted molar refractivity (Wildman–Crippen MR) is 126 cm³/mol. The second-order valence-corrected chi connectivity index (χ2v) is 7.25. The van der Waals surface area contributed by atoms with E-state index in [1.54, 1.807) is 74.2 Å². The monoisotopic (exact) mass is 445 g/mol. The fourth-order valence-corrected chi connectivity index (χ4v) is 3.45. The topological polar surface area (TPSA) is 91.7 Å². The molecule has 0 atom stereocenters. The number of benzene rings is 3. The summed E-state index contributed by atoms with van der Waals surface area (Å²) in [4.78, 5) is 29.8. The summed E-state index contributed by atoms with van der Waals surface area (Å²) >= 11 is 0. The Balaban J connectivity index is 1.46. The van der Waals surface area contributed by atoms with Gasteiger partial charge in [0.2, 0.25) is 0 Å². The maximum absolute atomic E-state index is 12.9. The molecule has 0 aliphatic carbocycles. The zero-order chi connectivity index (χ0) is 23.4. The number of hydrogen-bond donors (Lipinski definition) is 1. The molecule has 3 aromatic carbocycles. The molecule has 33 heavy (non-hydrogen) atoms. The number of aromatic nitrogens is 2. The zero-order valence-electron chi connectivity index (χ0n) is 18.5. The third-order valence-corrected chi connectivity index (χ3v) is 5.05. The highest BCUT2D eigenvalue weighted by Crippen LogP contribution is 2.27. The van der Waals surface area contributed by atoms with E-state index >= 15 is 0 Å². The van der Waals surface area contributed by atoms with Crippen LogP contribution in [-0.4, -0.2) is 36.3 Å². The van der Waals surface area contributed by atoms with Crippen LogP contribution in [0.5, 0.6) is 17.2 Å². The molecule has 8 nitrogen and oxygen atoms in total. The molecule has 168 valence electrons. The number of rotatable bonds is 7. The van der Waals surface area contributed by atoms with Crippen molar-refractivity contribution in [3.05, 3.63) is 82.9 Å². The van der Waals surface area contributed by atoms with Gasteiger partial charge in [0.15, 0.2) is 6.61 Å². The summed E-state index contributed by atoms with van der Waals surface area (Å²) in [5.41, 5.74) is 1.76. The van der Waals surface area contributed by atoms with Gasteiger partial charge in [0.05, 0.1) is 30.8 Å². The molecule has 0 saturated carbocycles. The second kappa shape index (κ2) is 9.44. The second-order valence-electron chi connectivity index (χ2n) is 7.25. The molecule has 0 bridgehead atoms. The normalized spacial score (nSPS) is 10.6. The van der Waals surface area contributed by atoms with Crippen LogP contribution in [0.2, 0.25) is 0 Å². The summed E-state index contributed by atoms with van der Waals surface area (Å²) in [6.07, 6.45) is 0. The molecule has 0 spiro atoms. The van der Waals surface area contributed by atoms with Crippen molar-refractivity contribution in [1.29, 1.82) is 0 Å². The van der Waals surface area contributed by atoms with E-state index in [0.717, 1.165) is 0 Å². The number of aryl methyl sites for hydroxylation is 1. The summed E-state index contributed by atoms with van der Waals surface area (Å²) in [5.74, 6) is 1.83. The molecule has 0 fully saturated rings. The minimum atomic E-state index is -0.328. The number of ether oxygens (including phenoxy) is 3. The molecule has 0 aliphatic rings. The number of fused-ring (bicyclic) bond motifs is 1. The minimum absolute atomic E-state index is 0.142. The van der Waals surface area contributed by atoms with Crippen LogP contribution in [0.1, 0.15) is 5.82 Å². The van der Waals surface area contributed by atoms with Gasteiger partial charge in [-0.25, -0.2) is 4.98 Å². The van der Waals surface area contributed by atoms with Gasteiger partial charge in [-0.05, 0) is 43.3 Å². The summed E-state index contributed by atoms with van der Waals surface area (Å²) in [5, 5.41) is 3.33. The molecular formula is C25H23N3O5. The van der Waals surface area contributed by atoms with E-state index in [4.69, 9.17) is 14.2 Å². The maximum atomic E-state index is 12.9. The average molecular weight is 445 g/mol. The van der Waals surface area contributed by atoms with Crippen LogP contribution >= 0.6 is 0 Å². The van der Waals surface area contributed by atoms with Gasteiger partial charge >= 0.3 is 0 Å². The maximum Gasteiger partial charge on any atom is 0.265 e. The molecule has 0 radical (unpaired) electrons. The van der Waals surface area contributed by atoms with Crippen molar-refractivity contribution in [3.63, 3.8) is 0 Å². The van der Waals surface area contributed by atoms with E-state index in [1.165, 1.54) is 0 Å². The van der Waals surface area contributed by atoms with Crippen LogP contribution in [0.25, 0.3) is 16.6 Å². The van der Waals surface area contributed by atoms with Crippen molar-refractivity contribution < 1.29 is 19.0 Å². The summed E-state index contributed by atoms with van der Waals surface area (Å²) in [6, 6.07) is 19.3. The van der Waals surface area contributed by atoms with E-state index in [-0.39, 0.29) is 18.1 Å². The number of carbonyl (C=O) groups is 1. The fraction of sp³-hybridized carbons (Fsp3) is 0.160. The lowest BCUT2D eigenvalue weighted by molar-refractivity contribution is -0.118. The third kappa shape index (κ3) is 4.79. The van der Waals surface area contributed by atoms with Gasteiger partial charge in [-0.1, -0.05) is 12.1 Å². The van der Waals surface area contributed by atoms with Crippen molar-refractivity contribution in [2.24, 2.45) is 0 Å². The quantitative estimate of drug-likeness (QED) is 0.466. The van der Waals surface area contributed by atoms with Gasteiger partial charge in [-0.15, -0.1) is 0 Å². The molecule has 0 saturated heterocycles. The number of nitrogens with one attached hydrogen (secondary N) is 1. The molecule has 1 aromatic heterocycles. The SMILES string of the molecule is COc1cc(OC)cc(OCC(=O)Nc2ccc(-n3c(C)nc4ccccc4c3=O)cc2)c1. The number of hydrogen-bond acceptors (Lipinski definition) is 6. The first-order chi connectivity index (χ1) is 16.0. The van der Waals surface area contributed by atoms with Crippen LogP contribution in [0.3, 0.4) is 0 Å². The Bertz CT molecular complexity index is 1340. The predicted octanol–water partition coefficient (Wildman–Crippen LogP) is 3.73. The number of amides is 1. The van der Waals surface area contributed by atoms with E-state index in [0.29, 0.717) is 45.4 Å². The van der Waals surface area contributed by atoms with Crippen molar-refractivity contribution in [2.75, 3.05) is 26.1 Å². The van der Waals surface area contributed by atoms with Gasteiger partial charge in [0.1, 0.15) is 23.1 Å². The van der Waals surface area contributed by atoms with Gasteiger partial charge in [0, 0.05) is 23.9 Å². The number of nitrogens with zero attached hydrogens (tertiary/aromatic N) is 2. The van der Waals surface area contributed by atoms with Crippen molar-refractivity contribution >= 4 is 22.5 Å². The highest BCUT2D eigenvalue weighted by atomic mass is 16.5. The number of anilines is 1. The Labute approximate surface area is 190 Å². The van der Waals surface area contributed by atoms with Crippen molar-refractivity contribution in [2.45, 2.75) is 6.92 Å². The average Bonchev–Trinajstić information content (AvgIpc) is 2.83. The van der Waals surface area contributed by atoms with Gasteiger partial charge < -0.3 is 19.5 Å². The molecule has 0 unspecified atom stereocenters. The summed E-state index contributed by atoms with van der Waals surface area (Å²) in [7, 11) is 3.08. The standard InChI is InChI=1S/C25H23N3O5/c1-16-26-23-7-5-4-6-22(23)25(30)28(16)18-10-8-17(9-11-18)27-24(29)15-33-21-13-19(31-2)12-20(14-21)32-3/h4-14H,15H2,1-3H3,(H,27,29). The highest BCUT2D eigenvalue weighted by Gasteiger charge is 2.11. The molecule has 1 N–H and O–H groups in total. The molecule has 1 amide bonds. The van der Waals surface area contributed by atoms with Crippen LogP contribution in [-0.2, 0) is 4.79 Å². The molecular weight excluding hydrogens is 422 g/mol. The van der Waals surface area contributed by atoms with Crippen LogP contribution in [0.4, 0.5) is 5.69 Å². The number of para-hydroxylation sites is 1. The van der Waals surface area contributed by atoms with E-state index in [1.807, 2.05) is 18.2 Å². The first-order valence-electron chi connectivity index (χ1n) is 10.2. The molecule has 4 aromatic rings. The van der Waals surface area contributed by atoms with Crippen molar-refractivity contribution in [3.8, 4) is 22.9 Å². The lowest BCUT2D eigenvalue weighted by Gasteiger charge is -2.12. The third-order valence-electron chi connectivity index (χ3n) is 5.05. The smallest absolute Gasteiger partial charge is 0.265 e. The minimum Gasteiger partial charge on any atom is -0.496 e. The Morgan fingerprint density at radius 2 is 1.58 bits per heavy atom. The van der Waals surface area contributed by atoms with E-state index in [9.17, 15) is 9.59 Å².